The highest BCUT2D eigenvalue weighted by atomic mass is 16.2. The summed E-state index contributed by atoms with van der Waals surface area (Å²) >= 11 is 0. The van der Waals surface area contributed by atoms with Crippen LogP contribution >= 0.6 is 0 Å². The van der Waals surface area contributed by atoms with E-state index in [2.05, 4.69) is 20.3 Å². The summed E-state index contributed by atoms with van der Waals surface area (Å²) in [5, 5.41) is 7.19. The zero-order valence-corrected chi connectivity index (χ0v) is 11.7. The second kappa shape index (κ2) is 4.87. The molecule has 0 spiro atoms. The Bertz CT molecular complexity index is 670. The summed E-state index contributed by atoms with van der Waals surface area (Å²) in [4.78, 5) is 18.5. The molecule has 0 radical (unpaired) electrons. The van der Waals surface area contributed by atoms with Crippen molar-refractivity contribution in [2.75, 3.05) is 18.0 Å². The van der Waals surface area contributed by atoms with E-state index >= 15 is 0 Å². The molecule has 6 heteroatoms. The number of hydrogen-bond donors (Lipinski definition) is 1. The lowest BCUT2D eigenvalue weighted by molar-refractivity contribution is 0.0965. The molecule has 4 heterocycles. The number of amides is 1. The Labute approximate surface area is 122 Å². The van der Waals surface area contributed by atoms with Crippen molar-refractivity contribution in [3.63, 3.8) is 0 Å². The summed E-state index contributed by atoms with van der Waals surface area (Å²) in [5.74, 6) is 0.977. The Balaban J connectivity index is 1.58. The first-order valence-corrected chi connectivity index (χ1v) is 7.39. The van der Waals surface area contributed by atoms with E-state index < -0.39 is 0 Å². The number of pyridine rings is 1. The van der Waals surface area contributed by atoms with Crippen LogP contribution in [-0.4, -0.2) is 33.8 Å². The maximum absolute atomic E-state index is 11.6. The van der Waals surface area contributed by atoms with Crippen molar-refractivity contribution in [1.29, 1.82) is 0 Å². The fraction of sp³-hybridized carbons (Fsp3) is 0.400. The molecule has 108 valence electrons. The molecule has 21 heavy (non-hydrogen) atoms. The number of fused-ring (bicyclic) bond motifs is 1. The third-order valence-corrected chi connectivity index (χ3v) is 4.13. The van der Waals surface area contributed by atoms with Crippen LogP contribution in [0.3, 0.4) is 0 Å². The largest absolute Gasteiger partial charge is 0.357 e. The molecule has 2 aliphatic rings. The quantitative estimate of drug-likeness (QED) is 0.907. The fourth-order valence-corrected chi connectivity index (χ4v) is 2.95. The molecule has 6 nitrogen and oxygen atoms in total. The Kier molecular flexibility index (Phi) is 2.87. The molecule has 0 unspecified atom stereocenters. The van der Waals surface area contributed by atoms with Crippen molar-refractivity contribution in [2.45, 2.75) is 25.8 Å². The lowest BCUT2D eigenvalue weighted by Crippen LogP contribution is -2.30. The number of piperidine rings is 1. The average molecular weight is 283 g/mol. The van der Waals surface area contributed by atoms with Gasteiger partial charge in [-0.05, 0) is 31.4 Å². The number of aromatic nitrogens is 3. The van der Waals surface area contributed by atoms with Gasteiger partial charge >= 0.3 is 0 Å². The number of rotatable bonds is 2. The zero-order chi connectivity index (χ0) is 14.2. The van der Waals surface area contributed by atoms with Crippen LogP contribution in [-0.2, 0) is 6.54 Å². The lowest BCUT2D eigenvalue weighted by atomic mass is 10.1. The minimum atomic E-state index is -0.0471. The molecule has 1 N–H and O–H groups in total. The van der Waals surface area contributed by atoms with Gasteiger partial charge < -0.3 is 10.2 Å². The van der Waals surface area contributed by atoms with Crippen molar-refractivity contribution in [1.82, 2.24) is 20.1 Å². The smallest absolute Gasteiger partial charge is 0.255 e. The Morgan fingerprint density at radius 1 is 1.14 bits per heavy atom. The molecule has 4 rings (SSSR count). The topological polar surface area (TPSA) is 63.1 Å². The third kappa shape index (κ3) is 2.16. The SMILES string of the molecule is O=C1NCc2nn(-c3ccc(N4CCCCC4)nc3)cc21. The van der Waals surface area contributed by atoms with Crippen LogP contribution in [0.4, 0.5) is 5.82 Å². The number of anilines is 1. The van der Waals surface area contributed by atoms with E-state index in [1.54, 1.807) is 10.9 Å². The fourth-order valence-electron chi connectivity index (χ4n) is 2.95. The van der Waals surface area contributed by atoms with E-state index in [1.807, 2.05) is 18.3 Å². The van der Waals surface area contributed by atoms with Gasteiger partial charge in [0.1, 0.15) is 5.82 Å². The van der Waals surface area contributed by atoms with Gasteiger partial charge in [0, 0.05) is 19.3 Å². The van der Waals surface area contributed by atoms with Crippen molar-refractivity contribution in [2.24, 2.45) is 0 Å². The first-order chi connectivity index (χ1) is 10.3. The molecule has 0 atom stereocenters. The predicted octanol–water partition coefficient (Wildman–Crippen LogP) is 1.50. The van der Waals surface area contributed by atoms with Crippen LogP contribution in [0.25, 0.3) is 5.69 Å². The molecule has 0 aromatic carbocycles. The minimum Gasteiger partial charge on any atom is -0.357 e. The summed E-state index contributed by atoms with van der Waals surface area (Å²) < 4.78 is 1.73. The number of nitrogens with zero attached hydrogens (tertiary/aromatic N) is 4. The highest BCUT2D eigenvalue weighted by Gasteiger charge is 2.23. The summed E-state index contributed by atoms with van der Waals surface area (Å²) in [6.07, 6.45) is 7.39. The molecule has 2 aliphatic heterocycles. The number of carbonyl (C=O) groups is 1. The van der Waals surface area contributed by atoms with Crippen molar-refractivity contribution >= 4 is 11.7 Å². The van der Waals surface area contributed by atoms with Crippen LogP contribution in [0.1, 0.15) is 35.3 Å². The van der Waals surface area contributed by atoms with Crippen molar-refractivity contribution in [3.8, 4) is 5.69 Å². The van der Waals surface area contributed by atoms with Gasteiger partial charge in [0.25, 0.3) is 5.91 Å². The van der Waals surface area contributed by atoms with E-state index in [9.17, 15) is 4.79 Å². The standard InChI is InChI=1S/C15H17N5O/c21-15-12-10-20(18-13(12)9-17-15)11-4-5-14(16-8-11)19-6-2-1-3-7-19/h4-5,8,10H,1-3,6-7,9H2,(H,17,21). The molecular formula is C15H17N5O. The zero-order valence-electron chi connectivity index (χ0n) is 11.7. The Hall–Kier alpha value is -2.37. The van der Waals surface area contributed by atoms with Gasteiger partial charge in [-0.3, -0.25) is 4.79 Å². The maximum atomic E-state index is 11.6. The normalized spacial score (nSPS) is 17.7. The van der Waals surface area contributed by atoms with Gasteiger partial charge in [-0.15, -0.1) is 0 Å². The number of carbonyl (C=O) groups excluding carboxylic acids is 1. The van der Waals surface area contributed by atoms with Crippen LogP contribution in [0, 0.1) is 0 Å². The molecule has 0 aliphatic carbocycles. The monoisotopic (exact) mass is 283 g/mol. The molecule has 1 fully saturated rings. The summed E-state index contributed by atoms with van der Waals surface area (Å²) in [7, 11) is 0. The van der Waals surface area contributed by atoms with Crippen molar-refractivity contribution < 1.29 is 4.79 Å². The maximum Gasteiger partial charge on any atom is 0.255 e. The van der Waals surface area contributed by atoms with Gasteiger partial charge in [-0.25, -0.2) is 9.67 Å². The highest BCUT2D eigenvalue weighted by molar-refractivity contribution is 5.97. The predicted molar refractivity (Wildman–Crippen MR) is 78.6 cm³/mol. The number of nitrogens with one attached hydrogen (secondary N) is 1. The third-order valence-electron chi connectivity index (χ3n) is 4.13. The van der Waals surface area contributed by atoms with E-state index in [0.29, 0.717) is 12.1 Å². The van der Waals surface area contributed by atoms with Crippen LogP contribution in [0.2, 0.25) is 0 Å². The van der Waals surface area contributed by atoms with E-state index in [1.165, 1.54) is 19.3 Å². The summed E-state index contributed by atoms with van der Waals surface area (Å²) in [5.41, 5.74) is 2.35. The summed E-state index contributed by atoms with van der Waals surface area (Å²) in [6, 6.07) is 4.05. The van der Waals surface area contributed by atoms with Gasteiger partial charge in [0.05, 0.1) is 29.7 Å². The molecular weight excluding hydrogens is 266 g/mol. The van der Waals surface area contributed by atoms with Gasteiger partial charge in [-0.2, -0.15) is 5.10 Å². The molecule has 2 aromatic heterocycles. The van der Waals surface area contributed by atoms with Crippen molar-refractivity contribution in [3.05, 3.63) is 35.8 Å². The summed E-state index contributed by atoms with van der Waals surface area (Å²) in [6.45, 7) is 2.69. The van der Waals surface area contributed by atoms with E-state index in [4.69, 9.17) is 0 Å². The van der Waals surface area contributed by atoms with E-state index in [-0.39, 0.29) is 5.91 Å². The van der Waals surface area contributed by atoms with Gasteiger partial charge in [0.2, 0.25) is 0 Å². The molecule has 1 amide bonds. The average Bonchev–Trinajstić information content (AvgIpc) is 3.11. The second-order valence-corrected chi connectivity index (χ2v) is 5.54. The van der Waals surface area contributed by atoms with Crippen LogP contribution in [0.15, 0.2) is 24.5 Å². The first-order valence-electron chi connectivity index (χ1n) is 7.39. The van der Waals surface area contributed by atoms with Crippen LogP contribution < -0.4 is 10.2 Å². The Morgan fingerprint density at radius 3 is 2.71 bits per heavy atom. The molecule has 1 saturated heterocycles. The van der Waals surface area contributed by atoms with Gasteiger partial charge in [-0.1, -0.05) is 0 Å². The lowest BCUT2D eigenvalue weighted by Gasteiger charge is -2.27. The van der Waals surface area contributed by atoms with Crippen LogP contribution in [0.5, 0.6) is 0 Å². The van der Waals surface area contributed by atoms with Gasteiger partial charge in [0.15, 0.2) is 0 Å². The second-order valence-electron chi connectivity index (χ2n) is 5.54. The Morgan fingerprint density at radius 2 is 2.00 bits per heavy atom. The molecule has 0 bridgehead atoms. The molecule has 2 aromatic rings. The molecule has 0 saturated carbocycles. The minimum absolute atomic E-state index is 0.0471. The van der Waals surface area contributed by atoms with E-state index in [0.717, 1.165) is 30.3 Å². The first kappa shape index (κ1) is 12.4. The number of hydrogen-bond acceptors (Lipinski definition) is 4. The highest BCUT2D eigenvalue weighted by Crippen LogP contribution is 2.20.